The Labute approximate surface area is 70.5 Å². The van der Waals surface area contributed by atoms with Gasteiger partial charge in [0.25, 0.3) is 10.1 Å². The SMILES string of the molecule is C=C(C)C(=O)C(O)CS(=O)(=O)O. The molecule has 0 heterocycles. The van der Waals surface area contributed by atoms with E-state index in [2.05, 4.69) is 6.58 Å². The first-order valence-corrected chi connectivity index (χ1v) is 4.68. The molecule has 0 radical (unpaired) electrons. The summed E-state index contributed by atoms with van der Waals surface area (Å²) in [7, 11) is -4.31. The summed E-state index contributed by atoms with van der Waals surface area (Å²) in [6.45, 7) is 4.56. The van der Waals surface area contributed by atoms with Crippen LogP contribution in [0.3, 0.4) is 0 Å². The second kappa shape index (κ2) is 3.79. The third-order valence-electron chi connectivity index (χ3n) is 1.09. The number of carbonyl (C=O) groups excluding carboxylic acids is 1. The minimum Gasteiger partial charge on any atom is -0.384 e. The van der Waals surface area contributed by atoms with E-state index in [0.717, 1.165) is 0 Å². The van der Waals surface area contributed by atoms with Crippen molar-refractivity contribution in [1.82, 2.24) is 0 Å². The van der Waals surface area contributed by atoms with Gasteiger partial charge in [0.2, 0.25) is 0 Å². The van der Waals surface area contributed by atoms with Crippen molar-refractivity contribution < 1.29 is 22.9 Å². The van der Waals surface area contributed by atoms with E-state index in [9.17, 15) is 13.2 Å². The molecule has 0 aromatic carbocycles. The normalized spacial score (nSPS) is 13.9. The molecule has 0 aromatic rings. The third kappa shape index (κ3) is 4.22. The Balaban J connectivity index is 4.34. The first-order chi connectivity index (χ1) is 5.24. The number of ketones is 1. The molecule has 1 unspecified atom stereocenters. The molecular weight excluding hydrogens is 184 g/mol. The van der Waals surface area contributed by atoms with Crippen LogP contribution in [0.1, 0.15) is 6.92 Å². The maximum atomic E-state index is 10.8. The van der Waals surface area contributed by atoms with Crippen molar-refractivity contribution in [3.05, 3.63) is 12.2 Å². The number of Topliss-reactive ketones (excluding diaryl/α,β-unsaturated/α-hetero) is 1. The number of rotatable bonds is 4. The molecule has 6 heteroatoms. The first kappa shape index (κ1) is 11.3. The average Bonchev–Trinajstić information content (AvgIpc) is 1.82. The highest BCUT2D eigenvalue weighted by Crippen LogP contribution is 1.99. The fourth-order valence-electron chi connectivity index (χ4n) is 0.560. The number of carbonyl (C=O) groups is 1. The van der Waals surface area contributed by atoms with Crippen LogP contribution in [0, 0.1) is 0 Å². The summed E-state index contributed by atoms with van der Waals surface area (Å²) in [5, 5.41) is 8.87. The zero-order chi connectivity index (χ0) is 9.94. The largest absolute Gasteiger partial charge is 0.384 e. The molecule has 0 aliphatic carbocycles. The summed E-state index contributed by atoms with van der Waals surface area (Å²) >= 11 is 0. The van der Waals surface area contributed by atoms with E-state index in [0.29, 0.717) is 0 Å². The van der Waals surface area contributed by atoms with Gasteiger partial charge in [0.1, 0.15) is 11.9 Å². The van der Waals surface area contributed by atoms with Crippen molar-refractivity contribution in [2.75, 3.05) is 5.75 Å². The molecule has 0 aliphatic heterocycles. The Bertz CT molecular complexity index is 289. The summed E-state index contributed by atoms with van der Waals surface area (Å²) in [5.74, 6) is -1.77. The summed E-state index contributed by atoms with van der Waals surface area (Å²) in [4.78, 5) is 10.8. The van der Waals surface area contributed by atoms with E-state index in [1.807, 2.05) is 0 Å². The third-order valence-corrected chi connectivity index (χ3v) is 1.83. The summed E-state index contributed by atoms with van der Waals surface area (Å²) in [5.41, 5.74) is 0.0474. The molecule has 0 aromatic heterocycles. The summed E-state index contributed by atoms with van der Waals surface area (Å²) < 4.78 is 28.6. The lowest BCUT2D eigenvalue weighted by atomic mass is 10.1. The maximum Gasteiger partial charge on any atom is 0.267 e. The minimum atomic E-state index is -4.31. The van der Waals surface area contributed by atoms with Gasteiger partial charge in [-0.15, -0.1) is 0 Å². The molecule has 5 nitrogen and oxygen atoms in total. The van der Waals surface area contributed by atoms with E-state index >= 15 is 0 Å². The van der Waals surface area contributed by atoms with Crippen molar-refractivity contribution in [2.24, 2.45) is 0 Å². The molecule has 70 valence electrons. The van der Waals surface area contributed by atoms with Gasteiger partial charge in [-0.05, 0) is 12.5 Å². The molecule has 0 spiro atoms. The van der Waals surface area contributed by atoms with Gasteiger partial charge in [0.15, 0.2) is 5.78 Å². The maximum absolute atomic E-state index is 10.8. The Hall–Kier alpha value is -0.720. The van der Waals surface area contributed by atoms with E-state index in [-0.39, 0.29) is 5.57 Å². The topological polar surface area (TPSA) is 91.7 Å². The van der Waals surface area contributed by atoms with Crippen LogP contribution < -0.4 is 0 Å². The Morgan fingerprint density at radius 1 is 1.58 bits per heavy atom. The molecule has 0 fully saturated rings. The molecular formula is C6H10O5S. The van der Waals surface area contributed by atoms with Crippen LogP contribution in [0.5, 0.6) is 0 Å². The van der Waals surface area contributed by atoms with Crippen LogP contribution >= 0.6 is 0 Å². The molecule has 1 atom stereocenters. The molecule has 0 saturated heterocycles. The van der Waals surface area contributed by atoms with Crippen LogP contribution in [0.15, 0.2) is 12.2 Å². The minimum absolute atomic E-state index is 0.0474. The lowest BCUT2D eigenvalue weighted by molar-refractivity contribution is -0.122. The van der Waals surface area contributed by atoms with Gasteiger partial charge in [-0.3, -0.25) is 9.35 Å². The first-order valence-electron chi connectivity index (χ1n) is 3.07. The molecule has 0 bridgehead atoms. The fraction of sp³-hybridized carbons (Fsp3) is 0.500. The van der Waals surface area contributed by atoms with Gasteiger partial charge >= 0.3 is 0 Å². The molecule has 0 rings (SSSR count). The lowest BCUT2D eigenvalue weighted by Gasteiger charge is -2.05. The van der Waals surface area contributed by atoms with Crippen LogP contribution in [0.2, 0.25) is 0 Å². The van der Waals surface area contributed by atoms with E-state index in [1.54, 1.807) is 0 Å². The van der Waals surface area contributed by atoms with Crippen LogP contribution in [0.4, 0.5) is 0 Å². The van der Waals surface area contributed by atoms with Crippen LogP contribution in [-0.2, 0) is 14.9 Å². The number of hydrogen-bond donors (Lipinski definition) is 2. The highest BCUT2D eigenvalue weighted by Gasteiger charge is 2.21. The summed E-state index contributed by atoms with van der Waals surface area (Å²) in [6.07, 6.45) is -1.72. The standard InChI is InChI=1S/C6H10O5S/c1-4(2)6(8)5(7)3-12(9,10)11/h5,7H,1,3H2,2H3,(H,9,10,11). The van der Waals surface area contributed by atoms with Gasteiger partial charge in [-0.25, -0.2) is 0 Å². The average molecular weight is 194 g/mol. The number of aliphatic hydroxyl groups is 1. The fourth-order valence-corrected chi connectivity index (χ4v) is 1.11. The lowest BCUT2D eigenvalue weighted by Crippen LogP contribution is -2.29. The summed E-state index contributed by atoms with van der Waals surface area (Å²) in [6, 6.07) is 0. The highest BCUT2D eigenvalue weighted by molar-refractivity contribution is 7.85. The molecule has 0 saturated carbocycles. The number of aliphatic hydroxyl groups excluding tert-OH is 1. The van der Waals surface area contributed by atoms with Gasteiger partial charge in [-0.1, -0.05) is 6.58 Å². The van der Waals surface area contributed by atoms with Gasteiger partial charge in [0.05, 0.1) is 0 Å². The second-order valence-electron chi connectivity index (χ2n) is 2.41. The van der Waals surface area contributed by atoms with Crippen molar-refractivity contribution >= 4 is 15.9 Å². The van der Waals surface area contributed by atoms with Gasteiger partial charge < -0.3 is 5.11 Å². The van der Waals surface area contributed by atoms with Crippen molar-refractivity contribution in [1.29, 1.82) is 0 Å². The Morgan fingerprint density at radius 2 is 2.00 bits per heavy atom. The molecule has 12 heavy (non-hydrogen) atoms. The molecule has 2 N–H and O–H groups in total. The van der Waals surface area contributed by atoms with Crippen molar-refractivity contribution in [3.63, 3.8) is 0 Å². The van der Waals surface area contributed by atoms with Crippen LogP contribution in [-0.4, -0.2) is 35.7 Å². The highest BCUT2D eigenvalue weighted by atomic mass is 32.2. The van der Waals surface area contributed by atoms with E-state index < -0.39 is 27.8 Å². The smallest absolute Gasteiger partial charge is 0.267 e. The van der Waals surface area contributed by atoms with E-state index in [1.165, 1.54) is 6.92 Å². The predicted octanol–water partition coefficient (Wildman–Crippen LogP) is -0.620. The van der Waals surface area contributed by atoms with Crippen molar-refractivity contribution in [3.8, 4) is 0 Å². The number of hydrogen-bond acceptors (Lipinski definition) is 4. The zero-order valence-corrected chi connectivity index (χ0v) is 7.34. The van der Waals surface area contributed by atoms with Crippen molar-refractivity contribution in [2.45, 2.75) is 13.0 Å². The van der Waals surface area contributed by atoms with Gasteiger partial charge in [0, 0.05) is 0 Å². The van der Waals surface area contributed by atoms with Gasteiger partial charge in [-0.2, -0.15) is 8.42 Å². The molecule has 0 aliphatic rings. The second-order valence-corrected chi connectivity index (χ2v) is 3.91. The quantitative estimate of drug-likeness (QED) is 0.459. The van der Waals surface area contributed by atoms with Crippen LogP contribution in [0.25, 0.3) is 0 Å². The van der Waals surface area contributed by atoms with E-state index in [4.69, 9.17) is 9.66 Å². The zero-order valence-electron chi connectivity index (χ0n) is 6.52. The molecule has 0 amide bonds. The Morgan fingerprint density at radius 3 is 2.25 bits per heavy atom. The Kier molecular flexibility index (Phi) is 3.56. The monoisotopic (exact) mass is 194 g/mol. The predicted molar refractivity (Wildman–Crippen MR) is 42.2 cm³/mol.